The van der Waals surface area contributed by atoms with Crippen molar-refractivity contribution < 1.29 is 13.2 Å². The Bertz CT molecular complexity index is 537. The van der Waals surface area contributed by atoms with Crippen molar-refractivity contribution >= 4 is 5.69 Å². The van der Waals surface area contributed by atoms with Gasteiger partial charge in [-0.2, -0.15) is 13.2 Å². The molecule has 0 saturated carbocycles. The molecule has 1 aliphatic heterocycles. The van der Waals surface area contributed by atoms with Crippen molar-refractivity contribution in [2.75, 3.05) is 24.7 Å². The van der Waals surface area contributed by atoms with E-state index in [2.05, 4.69) is 11.8 Å². The van der Waals surface area contributed by atoms with Gasteiger partial charge in [0.2, 0.25) is 0 Å². The number of hydrogen-bond acceptors (Lipinski definition) is 3. The Kier molecular flexibility index (Phi) is 4.46. The molecule has 0 atom stereocenters. The number of hydrogen-bond donors (Lipinski definition) is 1. The van der Waals surface area contributed by atoms with Gasteiger partial charge in [-0.05, 0) is 38.1 Å². The summed E-state index contributed by atoms with van der Waals surface area (Å²) in [7, 11) is 0. The van der Waals surface area contributed by atoms with Crippen LogP contribution in [-0.4, -0.2) is 24.7 Å². The van der Waals surface area contributed by atoms with E-state index in [9.17, 15) is 13.2 Å². The predicted molar refractivity (Wildman–Crippen MR) is 77.5 cm³/mol. The van der Waals surface area contributed by atoms with Gasteiger partial charge in [-0.25, -0.2) is 0 Å². The van der Waals surface area contributed by atoms with Crippen molar-refractivity contribution in [3.63, 3.8) is 0 Å². The van der Waals surface area contributed by atoms with Gasteiger partial charge in [0.1, 0.15) is 0 Å². The zero-order valence-electron chi connectivity index (χ0n) is 12.2. The van der Waals surface area contributed by atoms with Gasteiger partial charge < -0.3 is 10.6 Å². The zero-order valence-corrected chi connectivity index (χ0v) is 12.2. The molecule has 0 bridgehead atoms. The van der Waals surface area contributed by atoms with Crippen LogP contribution in [0.5, 0.6) is 0 Å². The fraction of sp³-hybridized carbons (Fsp3) is 0.467. The van der Waals surface area contributed by atoms with Crippen LogP contribution in [0.15, 0.2) is 35.7 Å². The fourth-order valence-electron chi connectivity index (χ4n) is 2.48. The van der Waals surface area contributed by atoms with Crippen molar-refractivity contribution in [3.05, 3.63) is 41.2 Å². The average molecular weight is 299 g/mol. The first-order valence-corrected chi connectivity index (χ1v) is 6.95. The summed E-state index contributed by atoms with van der Waals surface area (Å²) in [6.45, 7) is 6.00. The van der Waals surface area contributed by atoms with E-state index in [1.54, 1.807) is 6.07 Å². The number of anilines is 1. The maximum atomic E-state index is 12.8. The summed E-state index contributed by atoms with van der Waals surface area (Å²) in [6.07, 6.45) is -3.36. The highest BCUT2D eigenvalue weighted by Crippen LogP contribution is 2.33. The quantitative estimate of drug-likeness (QED) is 0.928. The Hall–Kier alpha value is -1.69. The number of rotatable bonds is 3. The van der Waals surface area contributed by atoms with Crippen LogP contribution in [0.2, 0.25) is 0 Å². The summed E-state index contributed by atoms with van der Waals surface area (Å²) >= 11 is 0. The van der Waals surface area contributed by atoms with Gasteiger partial charge in [0.05, 0.1) is 12.2 Å². The second-order valence-electron chi connectivity index (χ2n) is 5.28. The molecule has 0 unspecified atom stereocenters. The van der Waals surface area contributed by atoms with Crippen molar-refractivity contribution in [1.82, 2.24) is 4.90 Å². The van der Waals surface area contributed by atoms with Gasteiger partial charge in [-0.15, -0.1) is 0 Å². The van der Waals surface area contributed by atoms with Gasteiger partial charge in [0.25, 0.3) is 0 Å². The van der Waals surface area contributed by atoms with Crippen molar-refractivity contribution in [2.45, 2.75) is 26.4 Å². The highest BCUT2D eigenvalue weighted by Gasteiger charge is 2.31. The minimum atomic E-state index is -4.34. The van der Waals surface area contributed by atoms with Gasteiger partial charge in [0.15, 0.2) is 0 Å². The molecule has 6 heteroatoms. The molecule has 1 heterocycles. The minimum Gasteiger partial charge on any atom is -0.400 e. The molecule has 3 nitrogen and oxygen atoms in total. The number of alkyl halides is 3. The van der Waals surface area contributed by atoms with Crippen LogP contribution in [0.1, 0.15) is 25.8 Å². The fourth-order valence-corrected chi connectivity index (χ4v) is 2.48. The summed E-state index contributed by atoms with van der Waals surface area (Å²) in [5.74, 6) is 0. The van der Waals surface area contributed by atoms with Crippen LogP contribution in [-0.2, 0) is 6.18 Å². The monoisotopic (exact) mass is 299 g/mol. The van der Waals surface area contributed by atoms with E-state index in [0.29, 0.717) is 24.6 Å². The van der Waals surface area contributed by atoms with Crippen molar-refractivity contribution in [2.24, 2.45) is 5.73 Å². The third-order valence-electron chi connectivity index (χ3n) is 3.63. The molecule has 21 heavy (non-hydrogen) atoms. The number of halogens is 3. The highest BCUT2D eigenvalue weighted by molar-refractivity contribution is 5.55. The van der Waals surface area contributed by atoms with Crippen molar-refractivity contribution in [3.8, 4) is 0 Å². The Balaban J connectivity index is 2.33. The third-order valence-corrected chi connectivity index (χ3v) is 3.63. The lowest BCUT2D eigenvalue weighted by atomic mass is 10.1. The van der Waals surface area contributed by atoms with Gasteiger partial charge in [0, 0.05) is 23.6 Å². The highest BCUT2D eigenvalue weighted by atomic mass is 19.4. The second kappa shape index (κ2) is 5.97. The van der Waals surface area contributed by atoms with Crippen LogP contribution in [0.3, 0.4) is 0 Å². The molecular weight excluding hydrogens is 279 g/mol. The summed E-state index contributed by atoms with van der Waals surface area (Å²) in [4.78, 5) is 3.96. The van der Waals surface area contributed by atoms with Gasteiger partial charge in [-0.3, -0.25) is 4.90 Å². The molecule has 0 spiro atoms. The van der Waals surface area contributed by atoms with Gasteiger partial charge >= 0.3 is 6.18 Å². The number of nitrogens with two attached hydrogens (primary N) is 1. The first-order chi connectivity index (χ1) is 9.82. The molecule has 1 aromatic rings. The lowest BCUT2D eigenvalue weighted by Crippen LogP contribution is -2.45. The summed E-state index contributed by atoms with van der Waals surface area (Å²) in [5.41, 5.74) is 7.43. The first-order valence-electron chi connectivity index (χ1n) is 6.95. The van der Waals surface area contributed by atoms with E-state index in [0.717, 1.165) is 24.7 Å². The van der Waals surface area contributed by atoms with E-state index < -0.39 is 11.7 Å². The minimum absolute atomic E-state index is 0.520. The standard InChI is InChI=1S/C15H20F3N3/c1-3-7-20-9-14(19)11(2)21(10-20)13-6-4-5-12(8-13)15(16,17)18/h4-6,8H,3,7,9-10,19H2,1-2H3. The van der Waals surface area contributed by atoms with Crippen LogP contribution in [0.25, 0.3) is 0 Å². The topological polar surface area (TPSA) is 32.5 Å². The zero-order chi connectivity index (χ0) is 15.6. The van der Waals surface area contributed by atoms with E-state index in [4.69, 9.17) is 5.73 Å². The Labute approximate surface area is 122 Å². The first kappa shape index (κ1) is 15.7. The molecule has 0 radical (unpaired) electrons. The molecule has 2 N–H and O–H groups in total. The molecular formula is C15H20F3N3. The molecule has 0 aliphatic carbocycles. The number of allylic oxidation sites excluding steroid dienone is 1. The lowest BCUT2D eigenvalue weighted by molar-refractivity contribution is -0.137. The Morgan fingerprint density at radius 3 is 2.62 bits per heavy atom. The molecule has 0 amide bonds. The normalized spacial score (nSPS) is 17.5. The molecule has 0 fully saturated rings. The van der Waals surface area contributed by atoms with E-state index in [1.165, 1.54) is 12.1 Å². The summed E-state index contributed by atoms with van der Waals surface area (Å²) < 4.78 is 38.5. The SMILES string of the molecule is CCCN1CC(N)=C(C)N(c2cccc(C(F)(F)F)c2)C1. The molecule has 116 valence electrons. The number of nitrogens with zero attached hydrogens (tertiary/aromatic N) is 2. The summed E-state index contributed by atoms with van der Waals surface area (Å²) in [5, 5.41) is 0. The third kappa shape index (κ3) is 3.50. The molecule has 0 aromatic heterocycles. The Morgan fingerprint density at radius 2 is 2.00 bits per heavy atom. The van der Waals surface area contributed by atoms with Gasteiger partial charge in [-0.1, -0.05) is 13.0 Å². The van der Waals surface area contributed by atoms with Crippen LogP contribution < -0.4 is 10.6 Å². The predicted octanol–water partition coefficient (Wildman–Crippen LogP) is 3.39. The number of benzene rings is 1. The van der Waals surface area contributed by atoms with Crippen molar-refractivity contribution in [1.29, 1.82) is 0 Å². The average Bonchev–Trinajstić information content (AvgIpc) is 2.42. The maximum Gasteiger partial charge on any atom is 0.416 e. The van der Waals surface area contributed by atoms with Crippen LogP contribution >= 0.6 is 0 Å². The molecule has 1 aromatic carbocycles. The molecule has 2 rings (SSSR count). The van der Waals surface area contributed by atoms with Crippen LogP contribution in [0, 0.1) is 0 Å². The lowest BCUT2D eigenvalue weighted by Gasteiger charge is -2.38. The summed E-state index contributed by atoms with van der Waals surface area (Å²) in [6, 6.07) is 5.37. The van der Waals surface area contributed by atoms with E-state index in [-0.39, 0.29) is 0 Å². The van der Waals surface area contributed by atoms with E-state index >= 15 is 0 Å². The van der Waals surface area contributed by atoms with E-state index in [1.807, 2.05) is 11.8 Å². The van der Waals surface area contributed by atoms with Crippen LogP contribution in [0.4, 0.5) is 18.9 Å². The smallest absolute Gasteiger partial charge is 0.400 e. The molecule has 0 saturated heterocycles. The Morgan fingerprint density at radius 1 is 1.29 bits per heavy atom. The largest absolute Gasteiger partial charge is 0.416 e. The molecule has 1 aliphatic rings. The maximum absolute atomic E-state index is 12.8. The second-order valence-corrected chi connectivity index (χ2v) is 5.28.